The molecule has 1 aliphatic carbocycles. The van der Waals surface area contributed by atoms with Gasteiger partial charge in [-0.15, -0.1) is 24.0 Å². The normalized spacial score (nSPS) is 14.2. The minimum absolute atomic E-state index is 0. The van der Waals surface area contributed by atoms with E-state index in [2.05, 4.69) is 16.0 Å². The van der Waals surface area contributed by atoms with Gasteiger partial charge in [-0.3, -0.25) is 9.79 Å². The number of hydrogen-bond donors (Lipinski definition) is 3. The number of ether oxygens (including phenoxy) is 1. The first-order chi connectivity index (χ1) is 14.6. The number of carbonyl (C=O) groups excluding carboxylic acids is 1. The standard InChI is InChI=1S/C23H29FN4O2.HI/c1-3-25-22(28-16-23(10-11-23)18-7-5-8-19(24)15-18)27-13-12-26-21(29)17-6-4-9-20(14-17)30-2;/h4-9,14-15H,3,10-13,16H2,1-2H3,(H,26,29)(H2,25,27,28);1H. The summed E-state index contributed by atoms with van der Waals surface area (Å²) in [7, 11) is 1.57. The maximum absolute atomic E-state index is 13.6. The molecule has 0 bridgehead atoms. The Morgan fingerprint density at radius 1 is 1.10 bits per heavy atom. The molecular weight excluding hydrogens is 510 g/mol. The predicted molar refractivity (Wildman–Crippen MR) is 132 cm³/mol. The summed E-state index contributed by atoms with van der Waals surface area (Å²) in [4.78, 5) is 17.0. The SMILES string of the molecule is CCNC(=NCC1(c2cccc(F)c2)CC1)NCCNC(=O)c1cccc(OC)c1.I. The Hall–Kier alpha value is -2.36. The van der Waals surface area contributed by atoms with Gasteiger partial charge in [-0.25, -0.2) is 4.39 Å². The van der Waals surface area contributed by atoms with Crippen LogP contribution in [0.4, 0.5) is 4.39 Å². The van der Waals surface area contributed by atoms with Crippen molar-refractivity contribution in [1.82, 2.24) is 16.0 Å². The largest absolute Gasteiger partial charge is 0.497 e. The summed E-state index contributed by atoms with van der Waals surface area (Å²) in [5, 5.41) is 9.34. The van der Waals surface area contributed by atoms with E-state index in [9.17, 15) is 9.18 Å². The van der Waals surface area contributed by atoms with Gasteiger partial charge >= 0.3 is 0 Å². The minimum Gasteiger partial charge on any atom is -0.497 e. The highest BCUT2D eigenvalue weighted by molar-refractivity contribution is 14.0. The maximum atomic E-state index is 13.6. The number of nitrogens with one attached hydrogen (secondary N) is 3. The van der Waals surface area contributed by atoms with E-state index in [-0.39, 0.29) is 41.1 Å². The van der Waals surface area contributed by atoms with E-state index < -0.39 is 0 Å². The lowest BCUT2D eigenvalue weighted by molar-refractivity contribution is 0.0954. The Kier molecular flexibility index (Phi) is 9.54. The maximum Gasteiger partial charge on any atom is 0.251 e. The van der Waals surface area contributed by atoms with E-state index in [4.69, 9.17) is 9.73 Å². The topological polar surface area (TPSA) is 74.8 Å². The molecule has 0 unspecified atom stereocenters. The van der Waals surface area contributed by atoms with E-state index in [1.54, 1.807) is 43.5 Å². The molecule has 8 heteroatoms. The number of aliphatic imine (C=N–C) groups is 1. The van der Waals surface area contributed by atoms with Crippen LogP contribution in [0.25, 0.3) is 0 Å². The van der Waals surface area contributed by atoms with Gasteiger partial charge in [-0.2, -0.15) is 0 Å². The summed E-state index contributed by atoms with van der Waals surface area (Å²) in [6.07, 6.45) is 2.02. The van der Waals surface area contributed by atoms with Crippen molar-refractivity contribution in [2.75, 3.05) is 33.3 Å². The van der Waals surface area contributed by atoms with Gasteiger partial charge in [0, 0.05) is 30.6 Å². The van der Waals surface area contributed by atoms with Crippen molar-refractivity contribution in [2.45, 2.75) is 25.2 Å². The van der Waals surface area contributed by atoms with Crippen LogP contribution >= 0.6 is 24.0 Å². The van der Waals surface area contributed by atoms with Gasteiger partial charge in [0.1, 0.15) is 11.6 Å². The fraction of sp³-hybridized carbons (Fsp3) is 0.391. The van der Waals surface area contributed by atoms with Crippen LogP contribution in [0.15, 0.2) is 53.5 Å². The third kappa shape index (κ3) is 7.09. The molecule has 1 amide bonds. The van der Waals surface area contributed by atoms with Crippen LogP contribution < -0.4 is 20.7 Å². The van der Waals surface area contributed by atoms with Crippen molar-refractivity contribution in [3.63, 3.8) is 0 Å². The second-order valence-electron chi connectivity index (χ2n) is 7.40. The third-order valence-electron chi connectivity index (χ3n) is 5.21. The molecule has 1 saturated carbocycles. The second-order valence-corrected chi connectivity index (χ2v) is 7.40. The number of benzene rings is 2. The summed E-state index contributed by atoms with van der Waals surface area (Å²) in [5.41, 5.74) is 1.50. The first kappa shape index (κ1) is 24.9. The Morgan fingerprint density at radius 2 is 1.84 bits per heavy atom. The molecular formula is C23H30FIN4O2. The number of nitrogens with zero attached hydrogens (tertiary/aromatic N) is 1. The number of halogens is 2. The zero-order valence-electron chi connectivity index (χ0n) is 17.9. The molecule has 0 atom stereocenters. The van der Waals surface area contributed by atoms with Crippen LogP contribution in [0.3, 0.4) is 0 Å². The smallest absolute Gasteiger partial charge is 0.251 e. The highest BCUT2D eigenvalue weighted by atomic mass is 127. The predicted octanol–water partition coefficient (Wildman–Crippen LogP) is 3.47. The molecule has 0 aromatic heterocycles. The summed E-state index contributed by atoms with van der Waals surface area (Å²) >= 11 is 0. The summed E-state index contributed by atoms with van der Waals surface area (Å²) in [6.45, 7) is 4.32. The van der Waals surface area contributed by atoms with E-state index in [1.807, 2.05) is 13.0 Å². The zero-order valence-corrected chi connectivity index (χ0v) is 20.2. The van der Waals surface area contributed by atoms with Gasteiger partial charge in [-0.05, 0) is 55.7 Å². The Labute approximate surface area is 200 Å². The summed E-state index contributed by atoms with van der Waals surface area (Å²) in [5.74, 6) is 0.977. The molecule has 3 rings (SSSR count). The molecule has 3 N–H and O–H groups in total. The van der Waals surface area contributed by atoms with Gasteiger partial charge in [-0.1, -0.05) is 18.2 Å². The van der Waals surface area contributed by atoms with Crippen molar-refractivity contribution >= 4 is 35.8 Å². The van der Waals surface area contributed by atoms with E-state index in [0.717, 1.165) is 24.9 Å². The van der Waals surface area contributed by atoms with Crippen LogP contribution in [0.2, 0.25) is 0 Å². The third-order valence-corrected chi connectivity index (χ3v) is 5.21. The number of rotatable bonds is 9. The van der Waals surface area contributed by atoms with Crippen molar-refractivity contribution in [3.8, 4) is 5.75 Å². The highest BCUT2D eigenvalue weighted by Gasteiger charge is 2.44. The van der Waals surface area contributed by atoms with Gasteiger partial charge < -0.3 is 20.7 Å². The molecule has 1 aliphatic rings. The highest BCUT2D eigenvalue weighted by Crippen LogP contribution is 2.48. The molecule has 6 nitrogen and oxygen atoms in total. The lowest BCUT2D eigenvalue weighted by atomic mass is 9.96. The van der Waals surface area contributed by atoms with E-state index >= 15 is 0 Å². The van der Waals surface area contributed by atoms with Gasteiger partial charge in [0.05, 0.1) is 13.7 Å². The van der Waals surface area contributed by atoms with Gasteiger partial charge in [0.2, 0.25) is 0 Å². The molecule has 0 spiro atoms. The molecule has 1 fully saturated rings. The molecule has 0 saturated heterocycles. The van der Waals surface area contributed by atoms with Crippen molar-refractivity contribution < 1.29 is 13.9 Å². The van der Waals surface area contributed by atoms with Crippen LogP contribution in [0.5, 0.6) is 5.75 Å². The number of guanidine groups is 1. The molecule has 2 aromatic carbocycles. The first-order valence-electron chi connectivity index (χ1n) is 10.3. The Morgan fingerprint density at radius 3 is 2.52 bits per heavy atom. The fourth-order valence-electron chi connectivity index (χ4n) is 3.30. The number of amides is 1. The Bertz CT molecular complexity index is 903. The molecule has 0 radical (unpaired) electrons. The minimum atomic E-state index is -0.209. The monoisotopic (exact) mass is 540 g/mol. The Balaban J connectivity index is 0.00000341. The van der Waals surface area contributed by atoms with Crippen LogP contribution in [-0.4, -0.2) is 45.2 Å². The van der Waals surface area contributed by atoms with Gasteiger partial charge in [0.15, 0.2) is 5.96 Å². The van der Waals surface area contributed by atoms with Crippen LogP contribution in [-0.2, 0) is 5.41 Å². The summed E-state index contributed by atoms with van der Waals surface area (Å²) < 4.78 is 18.7. The molecule has 31 heavy (non-hydrogen) atoms. The van der Waals surface area contributed by atoms with E-state index in [1.165, 1.54) is 6.07 Å². The second kappa shape index (κ2) is 11.9. The fourth-order valence-corrected chi connectivity index (χ4v) is 3.30. The van der Waals surface area contributed by atoms with Crippen LogP contribution in [0, 0.1) is 5.82 Å². The number of methoxy groups -OCH3 is 1. The first-order valence-corrected chi connectivity index (χ1v) is 10.3. The molecule has 168 valence electrons. The van der Waals surface area contributed by atoms with Gasteiger partial charge in [0.25, 0.3) is 5.91 Å². The van der Waals surface area contributed by atoms with Crippen molar-refractivity contribution in [1.29, 1.82) is 0 Å². The average molecular weight is 540 g/mol. The molecule has 0 aliphatic heterocycles. The lowest BCUT2D eigenvalue weighted by Crippen LogP contribution is -2.42. The quantitative estimate of drug-likeness (QED) is 0.197. The van der Waals surface area contributed by atoms with E-state index in [0.29, 0.717) is 36.9 Å². The van der Waals surface area contributed by atoms with Crippen molar-refractivity contribution in [2.24, 2.45) is 4.99 Å². The van der Waals surface area contributed by atoms with Crippen LogP contribution in [0.1, 0.15) is 35.7 Å². The number of hydrogen-bond acceptors (Lipinski definition) is 3. The average Bonchev–Trinajstić information content (AvgIpc) is 3.56. The zero-order chi connectivity index (χ0) is 21.4. The molecule has 2 aromatic rings. The number of carbonyl (C=O) groups is 1. The molecule has 0 heterocycles. The summed E-state index contributed by atoms with van der Waals surface area (Å²) in [6, 6.07) is 13.8. The van der Waals surface area contributed by atoms with Crippen molar-refractivity contribution in [3.05, 3.63) is 65.5 Å². The lowest BCUT2D eigenvalue weighted by Gasteiger charge is -2.16.